The average Bonchev–Trinajstić information content (AvgIpc) is 1.66. The molecule has 3 nitrogen and oxygen atoms in total. The van der Waals surface area contributed by atoms with Crippen molar-refractivity contribution in [1.29, 1.82) is 0 Å². The van der Waals surface area contributed by atoms with Crippen LogP contribution < -0.4 is 0 Å². The zero-order valence-corrected chi connectivity index (χ0v) is 5.50. The van der Waals surface area contributed by atoms with Crippen LogP contribution in [-0.2, 0) is 0 Å². The van der Waals surface area contributed by atoms with Crippen LogP contribution in [-0.4, -0.2) is 38.6 Å². The molecule has 0 aromatic carbocycles. The van der Waals surface area contributed by atoms with Crippen molar-refractivity contribution in [2.45, 2.75) is 0 Å². The number of rotatable bonds is 2. The van der Waals surface area contributed by atoms with Gasteiger partial charge in [0.1, 0.15) is 0 Å². The summed E-state index contributed by atoms with van der Waals surface area (Å²) in [6.45, 7) is 0. The number of nitrogens with zero attached hydrogens (tertiary/aromatic N) is 3. The molecule has 8 heavy (non-hydrogen) atoms. The van der Waals surface area contributed by atoms with Gasteiger partial charge in [-0.3, -0.25) is 4.99 Å². The maximum Gasteiger partial charge on any atom is 0.0648 e. The van der Waals surface area contributed by atoms with Crippen LogP contribution in [0.5, 0.6) is 0 Å². The second kappa shape index (κ2) is 4.30. The molecular weight excluding hydrogens is 102 g/mol. The van der Waals surface area contributed by atoms with Gasteiger partial charge in [-0.15, -0.1) is 0 Å². The van der Waals surface area contributed by atoms with Crippen LogP contribution in [0.3, 0.4) is 0 Å². The molecule has 0 saturated heterocycles. The van der Waals surface area contributed by atoms with E-state index in [2.05, 4.69) is 10.1 Å². The summed E-state index contributed by atoms with van der Waals surface area (Å²) in [7, 11) is 5.43. The fourth-order valence-corrected chi connectivity index (χ4v) is 0.230. The Kier molecular flexibility index (Phi) is 3.84. The van der Waals surface area contributed by atoms with Gasteiger partial charge in [0.2, 0.25) is 0 Å². The first-order valence-corrected chi connectivity index (χ1v) is 2.39. The Morgan fingerprint density at radius 1 is 1.25 bits per heavy atom. The van der Waals surface area contributed by atoms with Crippen LogP contribution in [0.15, 0.2) is 10.1 Å². The molecule has 0 aliphatic carbocycles. The first-order chi connectivity index (χ1) is 3.77. The largest absolute Gasteiger partial charge is 0.303 e. The summed E-state index contributed by atoms with van der Waals surface area (Å²) in [5, 5.41) is 5.58. The Labute approximate surface area is 49.7 Å². The molecule has 0 aromatic rings. The SMILES string of the molecule is CN=C/C=N/N(C)C. The monoisotopic (exact) mass is 113 g/mol. The van der Waals surface area contributed by atoms with Crippen LogP contribution in [0.4, 0.5) is 0 Å². The van der Waals surface area contributed by atoms with E-state index < -0.39 is 0 Å². The molecule has 0 unspecified atom stereocenters. The minimum atomic E-state index is 1.64. The first kappa shape index (κ1) is 7.14. The molecule has 0 fully saturated rings. The number of hydrogen-bond donors (Lipinski definition) is 0. The Morgan fingerprint density at radius 3 is 2.25 bits per heavy atom. The van der Waals surface area contributed by atoms with Crippen molar-refractivity contribution >= 4 is 12.4 Å². The van der Waals surface area contributed by atoms with Crippen molar-refractivity contribution < 1.29 is 0 Å². The van der Waals surface area contributed by atoms with Gasteiger partial charge in [0.15, 0.2) is 0 Å². The number of hydrazone groups is 1. The van der Waals surface area contributed by atoms with Crippen LogP contribution >= 0.6 is 0 Å². The lowest BCUT2D eigenvalue weighted by Gasteiger charge is -1.99. The van der Waals surface area contributed by atoms with Crippen molar-refractivity contribution in [3.05, 3.63) is 0 Å². The highest BCUT2D eigenvalue weighted by molar-refractivity contribution is 6.15. The van der Waals surface area contributed by atoms with E-state index >= 15 is 0 Å². The zero-order chi connectivity index (χ0) is 6.41. The van der Waals surface area contributed by atoms with E-state index in [-0.39, 0.29) is 0 Å². The Hall–Kier alpha value is -0.860. The summed E-state index contributed by atoms with van der Waals surface area (Å²) < 4.78 is 0. The molecule has 0 aliphatic rings. The zero-order valence-electron chi connectivity index (χ0n) is 5.50. The summed E-state index contributed by atoms with van der Waals surface area (Å²) in [6.07, 6.45) is 3.28. The van der Waals surface area contributed by atoms with Crippen LogP contribution in [0, 0.1) is 0 Å². The summed E-state index contributed by atoms with van der Waals surface area (Å²) in [6, 6.07) is 0. The summed E-state index contributed by atoms with van der Waals surface area (Å²) in [5.41, 5.74) is 0. The average molecular weight is 113 g/mol. The highest BCUT2D eigenvalue weighted by Crippen LogP contribution is 1.67. The van der Waals surface area contributed by atoms with Crippen molar-refractivity contribution in [2.24, 2.45) is 10.1 Å². The Morgan fingerprint density at radius 2 is 1.88 bits per heavy atom. The van der Waals surface area contributed by atoms with Crippen LogP contribution in [0.25, 0.3) is 0 Å². The Balaban J connectivity index is 3.34. The third kappa shape index (κ3) is 5.14. The van der Waals surface area contributed by atoms with E-state index in [4.69, 9.17) is 0 Å². The van der Waals surface area contributed by atoms with Crippen molar-refractivity contribution in [1.82, 2.24) is 5.01 Å². The van der Waals surface area contributed by atoms with E-state index in [1.807, 2.05) is 14.1 Å². The fourth-order valence-electron chi connectivity index (χ4n) is 0.230. The molecule has 3 heteroatoms. The van der Waals surface area contributed by atoms with Gasteiger partial charge in [-0.05, 0) is 0 Å². The lowest BCUT2D eigenvalue weighted by molar-refractivity contribution is 0.441. The summed E-state index contributed by atoms with van der Waals surface area (Å²) in [4.78, 5) is 3.71. The molecule has 0 heterocycles. The predicted molar refractivity (Wildman–Crippen MR) is 36.6 cm³/mol. The van der Waals surface area contributed by atoms with Gasteiger partial charge in [0.25, 0.3) is 0 Å². The normalized spacial score (nSPS) is 11.4. The Bertz CT molecular complexity index is 93.8. The van der Waals surface area contributed by atoms with Gasteiger partial charge in [-0.2, -0.15) is 5.10 Å². The fraction of sp³-hybridized carbons (Fsp3) is 0.600. The van der Waals surface area contributed by atoms with E-state index in [1.165, 1.54) is 0 Å². The van der Waals surface area contributed by atoms with E-state index in [1.54, 1.807) is 24.5 Å². The van der Waals surface area contributed by atoms with Crippen molar-refractivity contribution in [2.75, 3.05) is 21.1 Å². The van der Waals surface area contributed by atoms with E-state index in [0.29, 0.717) is 0 Å². The minimum Gasteiger partial charge on any atom is -0.303 e. The molecule has 0 saturated carbocycles. The smallest absolute Gasteiger partial charge is 0.0648 e. The molecule has 0 aliphatic heterocycles. The number of hydrogen-bond acceptors (Lipinski definition) is 3. The van der Waals surface area contributed by atoms with Gasteiger partial charge in [0.05, 0.1) is 6.21 Å². The standard InChI is InChI=1S/C5H11N3/c1-6-4-5-7-8(2)3/h4-5H,1-3H3/b6-4?,7-5+. The molecule has 0 spiro atoms. The maximum atomic E-state index is 3.87. The third-order valence-electron chi connectivity index (χ3n) is 0.513. The molecule has 0 bridgehead atoms. The second-order valence-corrected chi connectivity index (χ2v) is 1.52. The third-order valence-corrected chi connectivity index (χ3v) is 0.513. The van der Waals surface area contributed by atoms with Crippen LogP contribution in [0.2, 0.25) is 0 Å². The lowest BCUT2D eigenvalue weighted by atomic mass is 10.8. The molecule has 46 valence electrons. The van der Waals surface area contributed by atoms with Crippen molar-refractivity contribution in [3.8, 4) is 0 Å². The lowest BCUT2D eigenvalue weighted by Crippen LogP contribution is -2.01. The van der Waals surface area contributed by atoms with Crippen LogP contribution in [0.1, 0.15) is 0 Å². The highest BCUT2D eigenvalue weighted by atomic mass is 15.4. The van der Waals surface area contributed by atoms with Gasteiger partial charge in [-0.25, -0.2) is 0 Å². The van der Waals surface area contributed by atoms with Gasteiger partial charge in [0, 0.05) is 27.4 Å². The van der Waals surface area contributed by atoms with E-state index in [9.17, 15) is 0 Å². The highest BCUT2D eigenvalue weighted by Gasteiger charge is 1.69. The first-order valence-electron chi connectivity index (χ1n) is 2.39. The topological polar surface area (TPSA) is 28.0 Å². The molecule has 0 aromatic heterocycles. The second-order valence-electron chi connectivity index (χ2n) is 1.52. The number of aliphatic imine (C=N–C) groups is 1. The molecule has 0 amide bonds. The summed E-state index contributed by atoms with van der Waals surface area (Å²) in [5.74, 6) is 0. The molecule has 0 radical (unpaired) electrons. The molecular formula is C5H11N3. The molecule has 0 N–H and O–H groups in total. The van der Waals surface area contributed by atoms with E-state index in [0.717, 1.165) is 0 Å². The minimum absolute atomic E-state index is 1.64. The quantitative estimate of drug-likeness (QED) is 0.372. The molecule has 0 rings (SSSR count). The molecule has 0 atom stereocenters. The summed E-state index contributed by atoms with van der Waals surface area (Å²) >= 11 is 0. The maximum absolute atomic E-state index is 3.87. The predicted octanol–water partition coefficient (Wildman–Crippen LogP) is 0.234. The van der Waals surface area contributed by atoms with Crippen molar-refractivity contribution in [3.63, 3.8) is 0 Å². The van der Waals surface area contributed by atoms with Gasteiger partial charge < -0.3 is 5.01 Å². The van der Waals surface area contributed by atoms with Gasteiger partial charge in [-0.1, -0.05) is 0 Å². The van der Waals surface area contributed by atoms with Gasteiger partial charge >= 0.3 is 0 Å².